The molecular weight excluding hydrogens is 172 g/mol. The summed E-state index contributed by atoms with van der Waals surface area (Å²) >= 11 is 0. The average Bonchev–Trinajstić information content (AvgIpc) is 2.32. The van der Waals surface area contributed by atoms with Crippen molar-refractivity contribution in [1.82, 2.24) is 4.90 Å². The molecule has 1 saturated heterocycles. The van der Waals surface area contributed by atoms with Crippen LogP contribution < -0.4 is 5.73 Å². The van der Waals surface area contributed by atoms with E-state index in [0.29, 0.717) is 12.1 Å². The minimum atomic E-state index is 0.424. The van der Waals surface area contributed by atoms with Gasteiger partial charge in [0.2, 0.25) is 0 Å². The number of nitrogens with zero attached hydrogens (tertiary/aromatic N) is 1. The van der Waals surface area contributed by atoms with Crippen molar-refractivity contribution in [3.8, 4) is 0 Å². The van der Waals surface area contributed by atoms with Gasteiger partial charge >= 0.3 is 0 Å². The van der Waals surface area contributed by atoms with Gasteiger partial charge in [0.05, 0.1) is 0 Å². The van der Waals surface area contributed by atoms with Crippen molar-refractivity contribution in [2.75, 3.05) is 6.54 Å². The molecule has 0 radical (unpaired) electrons. The fourth-order valence-corrected chi connectivity index (χ4v) is 2.95. The summed E-state index contributed by atoms with van der Waals surface area (Å²) in [5.41, 5.74) is 6.04. The maximum Gasteiger partial charge on any atom is 0.0222 e. The molecule has 1 saturated carbocycles. The average molecular weight is 196 g/mol. The number of nitrogens with two attached hydrogens (primary N) is 1. The maximum absolute atomic E-state index is 6.04. The topological polar surface area (TPSA) is 29.3 Å². The van der Waals surface area contributed by atoms with Crippen molar-refractivity contribution in [1.29, 1.82) is 0 Å². The Balaban J connectivity index is 1.82. The molecule has 2 unspecified atom stereocenters. The van der Waals surface area contributed by atoms with E-state index < -0.39 is 0 Å². The predicted molar refractivity (Wildman–Crippen MR) is 60.1 cm³/mol. The van der Waals surface area contributed by atoms with Gasteiger partial charge < -0.3 is 5.73 Å². The molecule has 2 heteroatoms. The van der Waals surface area contributed by atoms with Crippen LogP contribution in [-0.2, 0) is 0 Å². The highest BCUT2D eigenvalue weighted by atomic mass is 15.2. The highest BCUT2D eigenvalue weighted by Gasteiger charge is 2.40. The molecule has 1 heterocycles. The minimum Gasteiger partial charge on any atom is -0.326 e. The quantitative estimate of drug-likeness (QED) is 0.730. The zero-order chi connectivity index (χ0) is 10.3. The monoisotopic (exact) mass is 196 g/mol. The Morgan fingerprint density at radius 3 is 2.36 bits per heavy atom. The first-order chi connectivity index (χ1) is 6.59. The summed E-state index contributed by atoms with van der Waals surface area (Å²) in [5, 5.41) is 0. The number of hydrogen-bond donors (Lipinski definition) is 1. The van der Waals surface area contributed by atoms with Gasteiger partial charge in [-0.3, -0.25) is 4.90 Å². The van der Waals surface area contributed by atoms with E-state index >= 15 is 0 Å². The molecule has 2 nitrogen and oxygen atoms in total. The maximum atomic E-state index is 6.04. The highest BCUT2D eigenvalue weighted by Crippen LogP contribution is 2.39. The van der Waals surface area contributed by atoms with Crippen molar-refractivity contribution in [2.24, 2.45) is 17.6 Å². The summed E-state index contributed by atoms with van der Waals surface area (Å²) in [6, 6.07) is 1.90. The van der Waals surface area contributed by atoms with E-state index in [2.05, 4.69) is 25.7 Å². The minimum absolute atomic E-state index is 0.424. The molecule has 82 valence electrons. The third-order valence-corrected chi connectivity index (χ3v) is 4.42. The second-order valence-corrected chi connectivity index (χ2v) is 5.56. The van der Waals surface area contributed by atoms with Gasteiger partial charge in [-0.2, -0.15) is 0 Å². The van der Waals surface area contributed by atoms with Gasteiger partial charge in [0.15, 0.2) is 0 Å². The zero-order valence-electron chi connectivity index (χ0n) is 9.74. The summed E-state index contributed by atoms with van der Waals surface area (Å²) in [5.74, 6) is 1.85. The van der Waals surface area contributed by atoms with E-state index in [4.69, 9.17) is 5.73 Å². The van der Waals surface area contributed by atoms with Crippen LogP contribution in [0.4, 0.5) is 0 Å². The molecule has 0 aromatic rings. The number of rotatable bonds is 2. The summed E-state index contributed by atoms with van der Waals surface area (Å²) in [7, 11) is 0. The first-order valence-corrected chi connectivity index (χ1v) is 6.11. The van der Waals surface area contributed by atoms with Crippen LogP contribution in [0.3, 0.4) is 0 Å². The lowest BCUT2D eigenvalue weighted by molar-refractivity contribution is 0.0494. The Bertz CT molecular complexity index is 196. The molecule has 2 atom stereocenters. The van der Waals surface area contributed by atoms with Crippen molar-refractivity contribution in [3.63, 3.8) is 0 Å². The van der Waals surface area contributed by atoms with Crippen LogP contribution in [0.2, 0.25) is 0 Å². The molecular formula is C12H24N2. The summed E-state index contributed by atoms with van der Waals surface area (Å²) in [6.07, 6.45) is 4.02. The molecule has 0 spiro atoms. The van der Waals surface area contributed by atoms with Crippen molar-refractivity contribution in [3.05, 3.63) is 0 Å². The van der Waals surface area contributed by atoms with Crippen molar-refractivity contribution >= 4 is 0 Å². The Labute approximate surface area is 87.8 Å². The van der Waals surface area contributed by atoms with Crippen LogP contribution in [0.1, 0.15) is 40.0 Å². The van der Waals surface area contributed by atoms with E-state index in [1.807, 2.05) is 0 Å². The van der Waals surface area contributed by atoms with Gasteiger partial charge in [-0.15, -0.1) is 0 Å². The zero-order valence-corrected chi connectivity index (χ0v) is 9.74. The van der Waals surface area contributed by atoms with Crippen molar-refractivity contribution < 1.29 is 0 Å². The van der Waals surface area contributed by atoms with E-state index in [1.54, 1.807) is 0 Å². The fraction of sp³-hybridized carbons (Fsp3) is 1.00. The van der Waals surface area contributed by atoms with Crippen molar-refractivity contribution in [2.45, 2.75) is 58.2 Å². The lowest BCUT2D eigenvalue weighted by Crippen LogP contribution is -2.49. The lowest BCUT2D eigenvalue weighted by Gasteiger charge is -2.45. The Morgan fingerprint density at radius 2 is 1.93 bits per heavy atom. The highest BCUT2D eigenvalue weighted by molar-refractivity contribution is 4.96. The van der Waals surface area contributed by atoms with Gasteiger partial charge in [0.1, 0.15) is 0 Å². The van der Waals surface area contributed by atoms with E-state index in [9.17, 15) is 0 Å². The molecule has 0 bridgehead atoms. The molecule has 14 heavy (non-hydrogen) atoms. The van der Waals surface area contributed by atoms with Gasteiger partial charge in [0.25, 0.3) is 0 Å². The van der Waals surface area contributed by atoms with Gasteiger partial charge in [-0.1, -0.05) is 13.8 Å². The Kier molecular flexibility index (Phi) is 2.85. The normalized spacial score (nSPS) is 44.4. The Hall–Kier alpha value is -0.0800. The lowest BCUT2D eigenvalue weighted by atomic mass is 9.73. The molecule has 2 fully saturated rings. The van der Waals surface area contributed by atoms with Crippen LogP contribution in [0, 0.1) is 11.8 Å². The van der Waals surface area contributed by atoms with Crippen LogP contribution >= 0.6 is 0 Å². The van der Waals surface area contributed by atoms with Gasteiger partial charge in [0, 0.05) is 24.7 Å². The van der Waals surface area contributed by atoms with E-state index in [-0.39, 0.29) is 0 Å². The van der Waals surface area contributed by atoms with Crippen LogP contribution in [0.5, 0.6) is 0 Å². The molecule has 2 aliphatic rings. The third kappa shape index (κ3) is 1.70. The van der Waals surface area contributed by atoms with Gasteiger partial charge in [-0.25, -0.2) is 0 Å². The largest absolute Gasteiger partial charge is 0.326 e. The molecule has 2 N–H and O–H groups in total. The van der Waals surface area contributed by atoms with Crippen LogP contribution in [0.25, 0.3) is 0 Å². The van der Waals surface area contributed by atoms with Crippen LogP contribution in [0.15, 0.2) is 0 Å². The van der Waals surface area contributed by atoms with E-state index in [0.717, 1.165) is 17.9 Å². The first-order valence-electron chi connectivity index (χ1n) is 6.11. The summed E-state index contributed by atoms with van der Waals surface area (Å²) in [6.45, 7) is 8.22. The summed E-state index contributed by atoms with van der Waals surface area (Å²) < 4.78 is 0. The third-order valence-electron chi connectivity index (χ3n) is 4.42. The fourth-order valence-electron chi connectivity index (χ4n) is 2.95. The number of hydrogen-bond acceptors (Lipinski definition) is 2. The molecule has 0 aromatic heterocycles. The first kappa shape index (κ1) is 10.4. The molecule has 1 aliphatic heterocycles. The van der Waals surface area contributed by atoms with E-state index in [1.165, 1.54) is 25.8 Å². The SMILES string of the molecule is CC(C)C1CC(N2CCC(N)C2C)C1. The number of likely N-dealkylation sites (tertiary alicyclic amines) is 1. The smallest absolute Gasteiger partial charge is 0.0222 e. The standard InChI is InChI=1S/C12H24N2/c1-8(2)10-6-11(7-10)14-5-4-12(13)9(14)3/h8-12H,4-7,13H2,1-3H3. The molecule has 2 rings (SSSR count). The van der Waals surface area contributed by atoms with Crippen LogP contribution in [-0.4, -0.2) is 29.6 Å². The summed E-state index contributed by atoms with van der Waals surface area (Å²) in [4.78, 5) is 2.64. The molecule has 1 aliphatic carbocycles. The Morgan fingerprint density at radius 1 is 1.29 bits per heavy atom. The predicted octanol–water partition coefficient (Wildman–Crippen LogP) is 1.84. The molecule has 0 aromatic carbocycles. The second-order valence-electron chi connectivity index (χ2n) is 5.56. The second kappa shape index (κ2) is 3.82. The van der Waals surface area contributed by atoms with Gasteiger partial charge in [-0.05, 0) is 38.0 Å². The molecule has 0 amide bonds.